The van der Waals surface area contributed by atoms with E-state index in [0.717, 1.165) is 28.3 Å². The number of nitrogens with zero attached hydrogens (tertiary/aromatic N) is 1. The van der Waals surface area contributed by atoms with Crippen molar-refractivity contribution in [3.8, 4) is 11.5 Å². The monoisotopic (exact) mass is 489 g/mol. The Hall–Kier alpha value is -3.98. The first kappa shape index (κ1) is 24.7. The predicted octanol–water partition coefficient (Wildman–Crippen LogP) is 9.20. The van der Waals surface area contributed by atoms with E-state index in [0.29, 0.717) is 0 Å². The molecule has 0 spiro atoms. The van der Waals surface area contributed by atoms with E-state index in [1.165, 1.54) is 21.8 Å². The number of para-hydroxylation sites is 2. The highest BCUT2D eigenvalue weighted by atomic mass is 16.5. The maximum Gasteiger partial charge on any atom is 0.120 e. The standard InChI is InChI=1S/C34H35NO2/c1-33(2,3)36-26-19-15-24(16-20-26)23-32(25-17-21-27(22-18-25)37-34(4,5)6)35-30-13-9-7-11-28(30)29-12-8-10-14-31(29)35/h7-23H,1-6H3/b32-23-. The minimum atomic E-state index is -0.246. The Morgan fingerprint density at radius 1 is 0.568 bits per heavy atom. The number of ether oxygens (including phenoxy) is 2. The van der Waals surface area contributed by atoms with Gasteiger partial charge in [0, 0.05) is 10.8 Å². The van der Waals surface area contributed by atoms with Crippen molar-refractivity contribution in [2.24, 2.45) is 0 Å². The van der Waals surface area contributed by atoms with Gasteiger partial charge in [-0.05, 0) is 107 Å². The van der Waals surface area contributed by atoms with E-state index in [9.17, 15) is 0 Å². The summed E-state index contributed by atoms with van der Waals surface area (Å²) in [5.41, 5.74) is 5.20. The molecule has 0 saturated carbocycles. The van der Waals surface area contributed by atoms with Crippen molar-refractivity contribution in [1.29, 1.82) is 0 Å². The van der Waals surface area contributed by atoms with Crippen LogP contribution < -0.4 is 9.47 Å². The zero-order valence-electron chi connectivity index (χ0n) is 22.6. The number of hydrogen-bond donors (Lipinski definition) is 0. The van der Waals surface area contributed by atoms with E-state index in [-0.39, 0.29) is 11.2 Å². The molecule has 0 bridgehead atoms. The molecule has 3 heteroatoms. The van der Waals surface area contributed by atoms with Crippen LogP contribution in [0.15, 0.2) is 97.1 Å². The fourth-order valence-corrected chi connectivity index (χ4v) is 4.65. The smallest absolute Gasteiger partial charge is 0.120 e. The topological polar surface area (TPSA) is 23.4 Å². The average Bonchev–Trinajstić information content (AvgIpc) is 3.17. The third-order valence-corrected chi connectivity index (χ3v) is 6.00. The third-order valence-electron chi connectivity index (χ3n) is 6.00. The van der Waals surface area contributed by atoms with Crippen LogP contribution in [0.25, 0.3) is 33.6 Å². The van der Waals surface area contributed by atoms with Crippen LogP contribution in [-0.2, 0) is 0 Å². The molecule has 37 heavy (non-hydrogen) atoms. The first-order valence-electron chi connectivity index (χ1n) is 12.9. The molecular formula is C34H35NO2. The molecule has 0 N–H and O–H groups in total. The quantitative estimate of drug-likeness (QED) is 0.230. The Bertz CT molecular complexity index is 1500. The molecule has 4 aromatic carbocycles. The minimum absolute atomic E-state index is 0.234. The summed E-state index contributed by atoms with van der Waals surface area (Å²) < 4.78 is 14.5. The SMILES string of the molecule is CC(C)(C)Oc1ccc(/C=C(/c2ccc(OC(C)(C)C)cc2)n2c3ccccc3c3ccccc32)cc1. The normalized spacial score (nSPS) is 12.8. The van der Waals surface area contributed by atoms with Gasteiger partial charge in [0.2, 0.25) is 0 Å². The van der Waals surface area contributed by atoms with Crippen molar-refractivity contribution in [2.75, 3.05) is 0 Å². The second-order valence-electron chi connectivity index (χ2n) is 11.4. The molecule has 0 unspecified atom stereocenters. The van der Waals surface area contributed by atoms with Gasteiger partial charge in [0.1, 0.15) is 22.7 Å². The number of fused-ring (bicyclic) bond motifs is 3. The summed E-state index contributed by atoms with van der Waals surface area (Å²) in [6.07, 6.45) is 2.25. The molecule has 0 aliphatic heterocycles. The largest absolute Gasteiger partial charge is 0.488 e. The average molecular weight is 490 g/mol. The molecule has 0 aliphatic rings. The maximum absolute atomic E-state index is 6.10. The second-order valence-corrected chi connectivity index (χ2v) is 11.4. The lowest BCUT2D eigenvalue weighted by atomic mass is 10.1. The number of benzene rings is 4. The van der Waals surface area contributed by atoms with Crippen LogP contribution in [0.1, 0.15) is 52.7 Å². The molecule has 3 nitrogen and oxygen atoms in total. The molecule has 188 valence electrons. The van der Waals surface area contributed by atoms with Gasteiger partial charge in [0.15, 0.2) is 0 Å². The Labute approximate surface area is 220 Å². The summed E-state index contributed by atoms with van der Waals surface area (Å²) >= 11 is 0. The molecule has 5 aromatic rings. The first-order valence-corrected chi connectivity index (χ1v) is 12.9. The lowest BCUT2D eigenvalue weighted by Gasteiger charge is -2.22. The highest BCUT2D eigenvalue weighted by Gasteiger charge is 2.17. The fraction of sp³-hybridized carbons (Fsp3) is 0.235. The fourth-order valence-electron chi connectivity index (χ4n) is 4.65. The molecule has 1 heterocycles. The van der Waals surface area contributed by atoms with Crippen LogP contribution in [0.5, 0.6) is 11.5 Å². The van der Waals surface area contributed by atoms with E-state index in [4.69, 9.17) is 9.47 Å². The van der Waals surface area contributed by atoms with Gasteiger partial charge in [-0.15, -0.1) is 0 Å². The number of hydrogen-bond acceptors (Lipinski definition) is 2. The van der Waals surface area contributed by atoms with Crippen molar-refractivity contribution in [1.82, 2.24) is 4.57 Å². The summed E-state index contributed by atoms with van der Waals surface area (Å²) in [6, 6.07) is 33.9. The lowest BCUT2D eigenvalue weighted by Crippen LogP contribution is -2.22. The van der Waals surface area contributed by atoms with Crippen LogP contribution in [0.3, 0.4) is 0 Å². The lowest BCUT2D eigenvalue weighted by molar-refractivity contribution is 0.130. The molecular weight excluding hydrogens is 454 g/mol. The van der Waals surface area contributed by atoms with Gasteiger partial charge < -0.3 is 14.0 Å². The van der Waals surface area contributed by atoms with Gasteiger partial charge in [-0.25, -0.2) is 0 Å². The molecule has 0 amide bonds. The van der Waals surface area contributed by atoms with Crippen LogP contribution in [0.4, 0.5) is 0 Å². The van der Waals surface area contributed by atoms with Gasteiger partial charge >= 0.3 is 0 Å². The molecule has 0 fully saturated rings. The summed E-state index contributed by atoms with van der Waals surface area (Å²) in [7, 11) is 0. The predicted molar refractivity (Wildman–Crippen MR) is 156 cm³/mol. The zero-order chi connectivity index (χ0) is 26.2. The van der Waals surface area contributed by atoms with Crippen molar-refractivity contribution in [3.05, 3.63) is 108 Å². The van der Waals surface area contributed by atoms with Crippen molar-refractivity contribution >= 4 is 33.6 Å². The Morgan fingerprint density at radius 3 is 1.46 bits per heavy atom. The van der Waals surface area contributed by atoms with E-state index in [1.54, 1.807) is 0 Å². The Kier molecular flexibility index (Phi) is 6.33. The first-order chi connectivity index (χ1) is 17.6. The summed E-state index contributed by atoms with van der Waals surface area (Å²) in [5, 5.41) is 2.48. The number of rotatable bonds is 5. The Balaban J connectivity index is 1.68. The van der Waals surface area contributed by atoms with Crippen LogP contribution in [-0.4, -0.2) is 15.8 Å². The van der Waals surface area contributed by atoms with Crippen molar-refractivity contribution < 1.29 is 9.47 Å². The van der Waals surface area contributed by atoms with Gasteiger partial charge in [-0.3, -0.25) is 0 Å². The molecule has 0 atom stereocenters. The van der Waals surface area contributed by atoms with Crippen molar-refractivity contribution in [2.45, 2.75) is 52.7 Å². The van der Waals surface area contributed by atoms with Crippen molar-refractivity contribution in [3.63, 3.8) is 0 Å². The van der Waals surface area contributed by atoms with Gasteiger partial charge in [-0.2, -0.15) is 0 Å². The number of aromatic nitrogens is 1. The zero-order valence-corrected chi connectivity index (χ0v) is 22.6. The highest BCUT2D eigenvalue weighted by molar-refractivity contribution is 6.11. The molecule has 0 saturated heterocycles. The second kappa shape index (κ2) is 9.48. The van der Waals surface area contributed by atoms with Gasteiger partial charge in [0.25, 0.3) is 0 Å². The molecule has 1 aromatic heterocycles. The van der Waals surface area contributed by atoms with E-state index < -0.39 is 0 Å². The summed E-state index contributed by atoms with van der Waals surface area (Å²) in [5.74, 6) is 1.73. The Morgan fingerprint density at radius 2 is 1.00 bits per heavy atom. The van der Waals surface area contributed by atoms with Gasteiger partial charge in [-0.1, -0.05) is 48.5 Å². The molecule has 0 radical (unpaired) electrons. The molecule has 5 rings (SSSR count). The van der Waals surface area contributed by atoms with Crippen LogP contribution in [0.2, 0.25) is 0 Å². The van der Waals surface area contributed by atoms with E-state index in [2.05, 4.69) is 137 Å². The van der Waals surface area contributed by atoms with Crippen LogP contribution >= 0.6 is 0 Å². The third kappa shape index (κ3) is 5.56. The molecule has 0 aliphatic carbocycles. The van der Waals surface area contributed by atoms with E-state index in [1.807, 2.05) is 12.1 Å². The minimum Gasteiger partial charge on any atom is -0.488 e. The summed E-state index contributed by atoms with van der Waals surface area (Å²) in [6.45, 7) is 12.4. The summed E-state index contributed by atoms with van der Waals surface area (Å²) in [4.78, 5) is 0. The highest BCUT2D eigenvalue weighted by Crippen LogP contribution is 2.35. The van der Waals surface area contributed by atoms with E-state index >= 15 is 0 Å². The maximum atomic E-state index is 6.10. The van der Waals surface area contributed by atoms with Crippen LogP contribution in [0, 0.1) is 0 Å². The van der Waals surface area contributed by atoms with Gasteiger partial charge in [0.05, 0.1) is 16.7 Å².